The Morgan fingerprint density at radius 2 is 0.587 bits per heavy atom. The van der Waals surface area contributed by atoms with Gasteiger partial charge in [-0.25, -0.2) is 0 Å². The number of allylic oxidation sites excluding steroid dienone is 24. The van der Waals surface area contributed by atoms with Crippen molar-refractivity contribution >= 4 is 19.8 Å². The van der Waals surface area contributed by atoms with Gasteiger partial charge in [-0.1, -0.05) is 327 Å². The molecule has 0 aromatic rings. The summed E-state index contributed by atoms with van der Waals surface area (Å²) in [5, 5.41) is 0. The summed E-state index contributed by atoms with van der Waals surface area (Å²) in [6.07, 6.45) is 105. The van der Waals surface area contributed by atoms with Crippen LogP contribution in [-0.4, -0.2) is 70.0 Å². The molecule has 0 aliphatic carbocycles. The molecule has 0 amide bonds. The number of unbranched alkanes of at least 4 members (excludes halogenated alkanes) is 30. The van der Waals surface area contributed by atoms with Gasteiger partial charge in [-0.2, -0.15) is 0 Å². The SMILES string of the molecule is CC/C=C\C/C=C\C/C=C\C/C=C\C/C=C\C/C=C\C/C=C\C/C=C\CCCCCCCCC(=O)OC(COC(=O)CCCCCCCCCCCCCCCCCCCCCCCCCC/C=C\C/C=C\C/C=C\C/C=C\CC)COP(=O)([O-])OCC[N+](C)(C)C. The first kappa shape index (κ1) is 87.9. The van der Waals surface area contributed by atoms with Gasteiger partial charge in [-0.15, -0.1) is 0 Å². The van der Waals surface area contributed by atoms with Crippen molar-refractivity contribution in [3.05, 3.63) is 146 Å². The van der Waals surface area contributed by atoms with Gasteiger partial charge in [0, 0.05) is 12.8 Å². The van der Waals surface area contributed by atoms with Crippen LogP contribution in [0.15, 0.2) is 146 Å². The van der Waals surface area contributed by atoms with E-state index in [1.165, 1.54) is 141 Å². The Kier molecular flexibility index (Phi) is 68.0. The molecule has 0 bridgehead atoms. The van der Waals surface area contributed by atoms with E-state index in [0.717, 1.165) is 135 Å². The van der Waals surface area contributed by atoms with Crippen LogP contribution in [0.5, 0.6) is 0 Å². The fourth-order valence-corrected chi connectivity index (χ4v) is 10.9. The van der Waals surface area contributed by atoms with Crippen molar-refractivity contribution in [1.29, 1.82) is 0 Å². The standard InChI is InChI=1S/C82H140NO8P/c1-6-8-10-12-14-16-18-20-22-24-26-28-30-32-34-36-38-39-40-41-42-43-45-46-48-50-52-54-56-58-60-62-64-66-68-70-72-74-81(84)88-78-80(79-90-92(86,87)89-77-76-83(3,4)5)91-82(85)75-73-71-69-67-65-63-61-59-57-55-53-51-49-47-44-37-35-33-31-29-27-25-23-21-19-17-15-13-11-9-7-2/h8-11,14-17,20-23,26-29,33,35,44,47,51,53,57,59,80H,6-7,12-13,18-19,24-25,30-32,34,36-43,45-46,48-50,52,54-56,58,60-79H2,1-5H3/b10-8-,11-9-,16-14-,17-15-,22-20-,23-21-,28-26-,29-27-,35-33-,47-44-,53-51-,59-57-. The minimum Gasteiger partial charge on any atom is -0.756 e. The molecule has 0 aliphatic rings. The molecule has 2 atom stereocenters. The largest absolute Gasteiger partial charge is 0.756 e. The fraction of sp³-hybridized carbons (Fsp3) is 0.683. The van der Waals surface area contributed by atoms with Crippen molar-refractivity contribution in [1.82, 2.24) is 0 Å². The molecule has 2 unspecified atom stereocenters. The van der Waals surface area contributed by atoms with Crippen LogP contribution in [0.4, 0.5) is 0 Å². The molecule has 0 aliphatic heterocycles. The van der Waals surface area contributed by atoms with Crippen LogP contribution < -0.4 is 4.89 Å². The lowest BCUT2D eigenvalue weighted by atomic mass is 10.0. The number of likely N-dealkylation sites (N-methyl/N-ethyl adjacent to an activating group) is 1. The summed E-state index contributed by atoms with van der Waals surface area (Å²) in [4.78, 5) is 38.1. The van der Waals surface area contributed by atoms with Crippen LogP contribution in [0.25, 0.3) is 0 Å². The number of hydrogen-bond donors (Lipinski definition) is 0. The summed E-state index contributed by atoms with van der Waals surface area (Å²) < 4.78 is 34.3. The second kappa shape index (κ2) is 71.2. The Morgan fingerprint density at radius 3 is 0.870 bits per heavy atom. The maximum absolute atomic E-state index is 12.9. The molecule has 9 nitrogen and oxygen atoms in total. The highest BCUT2D eigenvalue weighted by Crippen LogP contribution is 2.38. The average Bonchev–Trinajstić information content (AvgIpc) is 2.14. The van der Waals surface area contributed by atoms with Crippen molar-refractivity contribution in [3.8, 4) is 0 Å². The molecule has 0 spiro atoms. The van der Waals surface area contributed by atoms with E-state index in [-0.39, 0.29) is 32.0 Å². The summed E-state index contributed by atoms with van der Waals surface area (Å²) in [6, 6.07) is 0. The van der Waals surface area contributed by atoms with Gasteiger partial charge in [0.25, 0.3) is 7.82 Å². The lowest BCUT2D eigenvalue weighted by Gasteiger charge is -2.28. The molecule has 0 N–H and O–H groups in total. The molecule has 526 valence electrons. The third-order valence-electron chi connectivity index (χ3n) is 15.9. The van der Waals surface area contributed by atoms with E-state index in [9.17, 15) is 19.0 Å². The number of ether oxygens (including phenoxy) is 2. The van der Waals surface area contributed by atoms with Gasteiger partial charge in [0.05, 0.1) is 27.7 Å². The summed E-state index contributed by atoms with van der Waals surface area (Å²) in [6.45, 7) is 4.01. The maximum Gasteiger partial charge on any atom is 0.306 e. The Bertz CT molecular complexity index is 2070. The van der Waals surface area contributed by atoms with Crippen LogP contribution in [0.2, 0.25) is 0 Å². The lowest BCUT2D eigenvalue weighted by Crippen LogP contribution is -2.37. The third kappa shape index (κ3) is 74.9. The summed E-state index contributed by atoms with van der Waals surface area (Å²) in [5.41, 5.74) is 0. The first-order valence-electron chi connectivity index (χ1n) is 37.5. The van der Waals surface area contributed by atoms with Crippen LogP contribution in [-0.2, 0) is 32.7 Å². The predicted octanol–water partition coefficient (Wildman–Crippen LogP) is 24.3. The van der Waals surface area contributed by atoms with Crippen LogP contribution in [0, 0.1) is 0 Å². The highest BCUT2D eigenvalue weighted by molar-refractivity contribution is 7.45. The van der Waals surface area contributed by atoms with Crippen molar-refractivity contribution < 1.29 is 42.1 Å². The van der Waals surface area contributed by atoms with E-state index < -0.39 is 26.5 Å². The monoisotopic (exact) mass is 1300 g/mol. The van der Waals surface area contributed by atoms with Gasteiger partial charge in [-0.05, 0) is 116 Å². The quantitative estimate of drug-likeness (QED) is 0.0195. The molecule has 0 aromatic heterocycles. The van der Waals surface area contributed by atoms with Crippen LogP contribution in [0.1, 0.15) is 309 Å². The fourth-order valence-electron chi connectivity index (χ4n) is 10.2. The first-order chi connectivity index (χ1) is 45.0. The van der Waals surface area contributed by atoms with Gasteiger partial charge in [-0.3, -0.25) is 14.2 Å². The molecule has 0 aromatic carbocycles. The van der Waals surface area contributed by atoms with Crippen LogP contribution in [0.3, 0.4) is 0 Å². The van der Waals surface area contributed by atoms with E-state index in [2.05, 4.69) is 160 Å². The number of rotatable bonds is 68. The number of esters is 2. The zero-order valence-corrected chi connectivity index (χ0v) is 60.8. The topological polar surface area (TPSA) is 111 Å². The molecule has 0 heterocycles. The number of phosphoric acid groups is 1. The van der Waals surface area contributed by atoms with Crippen molar-refractivity contribution in [2.75, 3.05) is 47.5 Å². The molecule has 92 heavy (non-hydrogen) atoms. The highest BCUT2D eigenvalue weighted by atomic mass is 31.2. The Balaban J connectivity index is 4.03. The van der Waals surface area contributed by atoms with E-state index in [0.29, 0.717) is 17.4 Å². The molecule has 0 saturated carbocycles. The minimum absolute atomic E-state index is 0.0395. The molecule has 0 saturated heterocycles. The van der Waals surface area contributed by atoms with Gasteiger partial charge in [0.1, 0.15) is 19.8 Å². The number of hydrogen-bond acceptors (Lipinski definition) is 8. The van der Waals surface area contributed by atoms with E-state index in [1.807, 2.05) is 21.1 Å². The Morgan fingerprint density at radius 1 is 0.337 bits per heavy atom. The normalized spacial score (nSPS) is 13.9. The second-order valence-electron chi connectivity index (χ2n) is 25.9. The molecular formula is C82H140NO8P. The van der Waals surface area contributed by atoms with Gasteiger partial charge >= 0.3 is 11.9 Å². The van der Waals surface area contributed by atoms with Crippen molar-refractivity contribution in [2.45, 2.75) is 315 Å². The Labute approximate surface area is 567 Å². The Hall–Kier alpha value is -4.11. The zero-order chi connectivity index (χ0) is 66.9. The smallest absolute Gasteiger partial charge is 0.306 e. The number of nitrogens with zero attached hydrogens (tertiary/aromatic N) is 1. The van der Waals surface area contributed by atoms with Gasteiger partial charge in [0.2, 0.25) is 0 Å². The number of carbonyl (C=O) groups is 2. The molecule has 0 rings (SSSR count). The maximum atomic E-state index is 12.9. The molecule has 0 fully saturated rings. The van der Waals surface area contributed by atoms with E-state index in [4.69, 9.17) is 18.5 Å². The van der Waals surface area contributed by atoms with Gasteiger partial charge < -0.3 is 27.9 Å². The molecular weight excluding hydrogens is 1160 g/mol. The third-order valence-corrected chi connectivity index (χ3v) is 16.8. The van der Waals surface area contributed by atoms with Crippen molar-refractivity contribution in [2.24, 2.45) is 0 Å². The molecule has 10 heteroatoms. The number of carbonyl (C=O) groups excluding carboxylic acids is 2. The summed E-state index contributed by atoms with van der Waals surface area (Å²) in [7, 11) is 1.15. The summed E-state index contributed by atoms with van der Waals surface area (Å²) in [5.74, 6) is -0.848. The average molecular weight is 1300 g/mol. The zero-order valence-electron chi connectivity index (χ0n) is 59.9. The second-order valence-corrected chi connectivity index (χ2v) is 27.3. The van der Waals surface area contributed by atoms with Gasteiger partial charge in [0.15, 0.2) is 6.10 Å². The number of phosphoric ester groups is 1. The van der Waals surface area contributed by atoms with E-state index >= 15 is 0 Å². The van der Waals surface area contributed by atoms with Crippen molar-refractivity contribution in [3.63, 3.8) is 0 Å². The highest BCUT2D eigenvalue weighted by Gasteiger charge is 2.22. The first-order valence-corrected chi connectivity index (χ1v) is 39.0. The lowest BCUT2D eigenvalue weighted by molar-refractivity contribution is -0.870. The molecule has 0 radical (unpaired) electrons. The summed E-state index contributed by atoms with van der Waals surface area (Å²) >= 11 is 0. The van der Waals surface area contributed by atoms with E-state index in [1.54, 1.807) is 0 Å². The number of quaternary nitrogens is 1. The predicted molar refractivity (Wildman–Crippen MR) is 397 cm³/mol. The van der Waals surface area contributed by atoms with Crippen LogP contribution >= 0.6 is 7.82 Å². The minimum atomic E-state index is -4.66.